The third-order valence-electron chi connectivity index (χ3n) is 5.74. The third-order valence-corrected chi connectivity index (χ3v) is 5.74. The number of methoxy groups -OCH3 is 2. The number of rotatable bonds is 10. The van der Waals surface area contributed by atoms with Crippen molar-refractivity contribution in [3.05, 3.63) is 65.2 Å². The molecule has 3 amide bonds. The fourth-order valence-corrected chi connectivity index (χ4v) is 3.80. The minimum absolute atomic E-state index is 0.0871. The van der Waals surface area contributed by atoms with Gasteiger partial charge in [0, 0.05) is 32.2 Å². The SMILES string of the molecule is CCCNC(=O)N(CCOC)CC(=O)N1N=C(c2cccc(OC)c2)CC1c1ccc(C)cc1. The minimum Gasteiger partial charge on any atom is -0.497 e. The Morgan fingerprint density at radius 1 is 1.18 bits per heavy atom. The number of hydrogen-bond acceptors (Lipinski definition) is 5. The summed E-state index contributed by atoms with van der Waals surface area (Å²) in [6.45, 7) is 5.12. The topological polar surface area (TPSA) is 83.5 Å². The number of nitrogens with zero attached hydrogens (tertiary/aromatic N) is 3. The summed E-state index contributed by atoms with van der Waals surface area (Å²) in [5.41, 5.74) is 3.85. The van der Waals surface area contributed by atoms with E-state index in [9.17, 15) is 9.59 Å². The lowest BCUT2D eigenvalue weighted by Gasteiger charge is -2.27. The number of benzene rings is 2. The normalized spacial score (nSPS) is 15.1. The first-order valence-corrected chi connectivity index (χ1v) is 11.6. The molecule has 8 heteroatoms. The van der Waals surface area contributed by atoms with Gasteiger partial charge in [-0.2, -0.15) is 5.10 Å². The fourth-order valence-electron chi connectivity index (χ4n) is 3.80. The van der Waals surface area contributed by atoms with E-state index in [2.05, 4.69) is 5.32 Å². The highest BCUT2D eigenvalue weighted by Gasteiger charge is 2.34. The largest absolute Gasteiger partial charge is 0.497 e. The van der Waals surface area contributed by atoms with Crippen LogP contribution in [0, 0.1) is 6.92 Å². The Labute approximate surface area is 201 Å². The first-order chi connectivity index (χ1) is 16.5. The Morgan fingerprint density at radius 3 is 2.62 bits per heavy atom. The molecule has 182 valence electrons. The maximum Gasteiger partial charge on any atom is 0.317 e. The Morgan fingerprint density at radius 2 is 1.94 bits per heavy atom. The van der Waals surface area contributed by atoms with Gasteiger partial charge in [0.05, 0.1) is 25.5 Å². The van der Waals surface area contributed by atoms with E-state index in [1.807, 2.05) is 62.4 Å². The second kappa shape index (κ2) is 12.2. The van der Waals surface area contributed by atoms with Gasteiger partial charge in [-0.15, -0.1) is 0 Å². The van der Waals surface area contributed by atoms with Gasteiger partial charge in [0.15, 0.2) is 0 Å². The number of ether oxygens (including phenoxy) is 2. The molecule has 0 saturated heterocycles. The lowest BCUT2D eigenvalue weighted by atomic mass is 9.97. The van der Waals surface area contributed by atoms with E-state index in [1.54, 1.807) is 14.2 Å². The zero-order valence-electron chi connectivity index (χ0n) is 20.4. The molecule has 1 aliphatic rings. The highest BCUT2D eigenvalue weighted by molar-refractivity contribution is 6.03. The molecule has 0 bridgehead atoms. The van der Waals surface area contributed by atoms with E-state index in [0.717, 1.165) is 34.6 Å². The van der Waals surface area contributed by atoms with Gasteiger partial charge >= 0.3 is 6.03 Å². The van der Waals surface area contributed by atoms with Crippen molar-refractivity contribution in [2.75, 3.05) is 40.5 Å². The van der Waals surface area contributed by atoms with Gasteiger partial charge in [-0.3, -0.25) is 4.79 Å². The van der Waals surface area contributed by atoms with Crippen LogP contribution in [0.3, 0.4) is 0 Å². The predicted octanol–water partition coefficient (Wildman–Crippen LogP) is 3.75. The van der Waals surface area contributed by atoms with Gasteiger partial charge in [0.1, 0.15) is 12.3 Å². The lowest BCUT2D eigenvalue weighted by molar-refractivity contribution is -0.133. The minimum atomic E-state index is -0.282. The number of carbonyl (C=O) groups is 2. The van der Waals surface area contributed by atoms with Crippen LogP contribution in [0.25, 0.3) is 0 Å². The summed E-state index contributed by atoms with van der Waals surface area (Å²) < 4.78 is 10.5. The number of hydrazone groups is 1. The number of aryl methyl sites for hydroxylation is 1. The zero-order chi connectivity index (χ0) is 24.5. The van der Waals surface area contributed by atoms with Crippen molar-refractivity contribution in [2.24, 2.45) is 5.10 Å². The van der Waals surface area contributed by atoms with Crippen molar-refractivity contribution in [2.45, 2.75) is 32.7 Å². The number of urea groups is 1. The first kappa shape index (κ1) is 25.2. The maximum atomic E-state index is 13.5. The second-order valence-electron chi connectivity index (χ2n) is 8.29. The van der Waals surface area contributed by atoms with Crippen molar-refractivity contribution < 1.29 is 19.1 Å². The average molecular weight is 467 g/mol. The van der Waals surface area contributed by atoms with Crippen molar-refractivity contribution in [1.29, 1.82) is 0 Å². The van der Waals surface area contributed by atoms with Gasteiger partial charge in [-0.05, 0) is 31.0 Å². The monoisotopic (exact) mass is 466 g/mol. The van der Waals surface area contributed by atoms with Crippen molar-refractivity contribution in [3.8, 4) is 5.75 Å². The predicted molar refractivity (Wildman–Crippen MR) is 132 cm³/mol. The molecule has 0 saturated carbocycles. The number of carbonyl (C=O) groups excluding carboxylic acids is 2. The Balaban J connectivity index is 1.88. The zero-order valence-corrected chi connectivity index (χ0v) is 20.4. The van der Waals surface area contributed by atoms with Gasteiger partial charge in [0.2, 0.25) is 0 Å². The van der Waals surface area contributed by atoms with Gasteiger partial charge < -0.3 is 19.7 Å². The molecule has 3 rings (SSSR count). The van der Waals surface area contributed by atoms with Crippen LogP contribution in [0.2, 0.25) is 0 Å². The standard InChI is InChI=1S/C26H34N4O4/c1-5-13-27-26(32)29(14-15-33-3)18-25(31)30-24(20-11-9-19(2)10-12-20)17-23(28-30)21-7-6-8-22(16-21)34-4/h6-12,16,24H,5,13-15,17-18H2,1-4H3,(H,27,32). The van der Waals surface area contributed by atoms with Crippen LogP contribution in [-0.2, 0) is 9.53 Å². The van der Waals surface area contributed by atoms with E-state index in [1.165, 1.54) is 9.91 Å². The Hall–Kier alpha value is -3.39. The van der Waals surface area contributed by atoms with Crippen LogP contribution in [0.1, 0.15) is 42.5 Å². The Bertz CT molecular complexity index is 1010. The summed E-state index contributed by atoms with van der Waals surface area (Å²) in [5, 5.41) is 9.09. The third kappa shape index (κ3) is 6.35. The molecule has 0 spiro atoms. The molecule has 0 radical (unpaired) electrons. The summed E-state index contributed by atoms with van der Waals surface area (Å²) in [6, 6.07) is 15.3. The number of nitrogens with one attached hydrogen (secondary N) is 1. The van der Waals surface area contributed by atoms with E-state index in [4.69, 9.17) is 14.6 Å². The van der Waals surface area contributed by atoms with Crippen LogP contribution < -0.4 is 10.1 Å². The number of hydrogen-bond donors (Lipinski definition) is 1. The molecule has 1 N–H and O–H groups in total. The molecule has 1 unspecified atom stereocenters. The van der Waals surface area contributed by atoms with Crippen LogP contribution in [-0.4, -0.2) is 68.0 Å². The maximum absolute atomic E-state index is 13.5. The van der Waals surface area contributed by atoms with Crippen LogP contribution in [0.15, 0.2) is 53.6 Å². The molecule has 0 fully saturated rings. The average Bonchev–Trinajstić information content (AvgIpc) is 3.31. The highest BCUT2D eigenvalue weighted by Crippen LogP contribution is 2.33. The molecule has 34 heavy (non-hydrogen) atoms. The summed E-state index contributed by atoms with van der Waals surface area (Å²) in [7, 11) is 3.20. The van der Waals surface area contributed by atoms with E-state index in [-0.39, 0.29) is 24.5 Å². The molecule has 1 aliphatic heterocycles. The molecule has 0 aliphatic carbocycles. The molecule has 0 aromatic heterocycles. The molecule has 2 aromatic carbocycles. The fraction of sp³-hybridized carbons (Fsp3) is 0.423. The molecule has 8 nitrogen and oxygen atoms in total. The van der Waals surface area contributed by atoms with Gasteiger partial charge in [-0.1, -0.05) is 48.9 Å². The summed E-state index contributed by atoms with van der Waals surface area (Å²) in [5.74, 6) is 0.487. The summed E-state index contributed by atoms with van der Waals surface area (Å²) in [4.78, 5) is 27.6. The lowest BCUT2D eigenvalue weighted by Crippen LogP contribution is -2.47. The van der Waals surface area contributed by atoms with Crippen LogP contribution in [0.5, 0.6) is 5.75 Å². The quantitative estimate of drug-likeness (QED) is 0.578. The van der Waals surface area contributed by atoms with Gasteiger partial charge in [-0.25, -0.2) is 9.80 Å². The molecule has 1 atom stereocenters. The second-order valence-corrected chi connectivity index (χ2v) is 8.29. The number of amides is 3. The van der Waals surface area contributed by atoms with E-state index in [0.29, 0.717) is 26.1 Å². The van der Waals surface area contributed by atoms with Crippen LogP contribution >= 0.6 is 0 Å². The van der Waals surface area contributed by atoms with E-state index >= 15 is 0 Å². The summed E-state index contributed by atoms with van der Waals surface area (Å²) in [6.07, 6.45) is 1.38. The first-order valence-electron chi connectivity index (χ1n) is 11.6. The van der Waals surface area contributed by atoms with Crippen LogP contribution in [0.4, 0.5) is 4.79 Å². The van der Waals surface area contributed by atoms with E-state index < -0.39 is 0 Å². The van der Waals surface area contributed by atoms with Crippen molar-refractivity contribution in [1.82, 2.24) is 15.2 Å². The Kier molecular flexibility index (Phi) is 9.04. The van der Waals surface area contributed by atoms with Crippen molar-refractivity contribution in [3.63, 3.8) is 0 Å². The van der Waals surface area contributed by atoms with Gasteiger partial charge in [0.25, 0.3) is 5.91 Å². The molecular weight excluding hydrogens is 432 g/mol. The smallest absolute Gasteiger partial charge is 0.317 e. The highest BCUT2D eigenvalue weighted by atomic mass is 16.5. The molecule has 2 aromatic rings. The van der Waals surface area contributed by atoms with Crippen molar-refractivity contribution >= 4 is 17.6 Å². The molecular formula is C26H34N4O4. The summed E-state index contributed by atoms with van der Waals surface area (Å²) >= 11 is 0. The molecule has 1 heterocycles.